The molecule has 0 spiro atoms. The number of benzene rings is 3. The van der Waals surface area contributed by atoms with Gasteiger partial charge in [0, 0.05) is 19.5 Å². The number of nitrogens with zero attached hydrogens (tertiary/aromatic N) is 2. The van der Waals surface area contributed by atoms with Crippen LogP contribution in [0.3, 0.4) is 0 Å². The first-order chi connectivity index (χ1) is 14.3. The maximum atomic E-state index is 13.6. The Kier molecular flexibility index (Phi) is 7.43. The van der Waals surface area contributed by atoms with Crippen LogP contribution in [0.25, 0.3) is 0 Å². The third-order valence-electron chi connectivity index (χ3n) is 5.72. The first kappa shape index (κ1) is 22.2. The molecule has 0 N–H and O–H groups in total. The first-order valence-electron chi connectivity index (χ1n) is 10.00. The van der Waals surface area contributed by atoms with Crippen LogP contribution in [0, 0.1) is 11.3 Å². The van der Waals surface area contributed by atoms with Crippen LogP contribution in [0.5, 0.6) is 0 Å². The van der Waals surface area contributed by atoms with Gasteiger partial charge in [-0.25, -0.2) is 0 Å². The number of hydrogen-bond donors (Lipinski definition) is 0. The van der Waals surface area contributed by atoms with E-state index in [-0.39, 0.29) is 28.5 Å². The fourth-order valence-electron chi connectivity index (χ4n) is 4.47. The molecule has 1 heterocycles. The van der Waals surface area contributed by atoms with Crippen LogP contribution < -0.4 is 32.9 Å². The first-order valence-corrected chi connectivity index (χ1v) is 11.9. The Balaban J connectivity index is 0.00000256. The average Bonchev–Trinajstić information content (AvgIpc) is 3.16. The number of hydrogen-bond acceptors (Lipinski definition) is 2. The molecule has 152 valence electrons. The molecule has 4 rings (SSSR count). The normalized spacial score (nSPS) is 16.0. The highest BCUT2D eigenvalue weighted by Crippen LogP contribution is 2.62. The summed E-state index contributed by atoms with van der Waals surface area (Å²) in [6.07, 6.45) is 1.20. The van der Waals surface area contributed by atoms with E-state index in [4.69, 9.17) is 5.26 Å². The number of amides is 1. The molecule has 1 atom stereocenters. The van der Waals surface area contributed by atoms with Gasteiger partial charge in [0.25, 0.3) is 5.91 Å². The molecule has 3 nitrogen and oxygen atoms in total. The van der Waals surface area contributed by atoms with Crippen molar-refractivity contribution in [2.24, 2.45) is 0 Å². The number of carbonyl (C=O) groups is 1. The maximum absolute atomic E-state index is 13.6. The van der Waals surface area contributed by atoms with Crippen molar-refractivity contribution < 1.29 is 21.8 Å². The van der Waals surface area contributed by atoms with Crippen molar-refractivity contribution in [3.05, 3.63) is 91.0 Å². The van der Waals surface area contributed by atoms with Crippen LogP contribution in [0.2, 0.25) is 0 Å². The Morgan fingerprint density at radius 1 is 0.833 bits per heavy atom. The molecule has 30 heavy (non-hydrogen) atoms. The highest BCUT2D eigenvalue weighted by molar-refractivity contribution is 7.96. The van der Waals surface area contributed by atoms with Crippen molar-refractivity contribution in [3.63, 3.8) is 0 Å². The highest BCUT2D eigenvalue weighted by atomic mass is 79.9. The van der Waals surface area contributed by atoms with Crippen molar-refractivity contribution in [3.8, 4) is 6.07 Å². The van der Waals surface area contributed by atoms with Crippen LogP contribution >= 0.6 is 7.26 Å². The van der Waals surface area contributed by atoms with E-state index >= 15 is 0 Å². The van der Waals surface area contributed by atoms with Crippen molar-refractivity contribution in [2.45, 2.75) is 18.5 Å². The van der Waals surface area contributed by atoms with E-state index in [1.807, 2.05) is 23.1 Å². The lowest BCUT2D eigenvalue weighted by atomic mass is 10.3. The van der Waals surface area contributed by atoms with Gasteiger partial charge in [0.15, 0.2) is 5.66 Å². The molecule has 0 aromatic heterocycles. The zero-order chi connectivity index (χ0) is 20.1. The lowest BCUT2D eigenvalue weighted by Crippen LogP contribution is -3.00. The second-order valence-electron chi connectivity index (χ2n) is 7.27. The Bertz CT molecular complexity index is 909. The molecule has 0 bridgehead atoms. The molecule has 0 saturated carbocycles. The lowest BCUT2D eigenvalue weighted by molar-refractivity contribution is -0.127. The van der Waals surface area contributed by atoms with Gasteiger partial charge in [0.1, 0.15) is 23.2 Å². The minimum absolute atomic E-state index is 0. The number of nitriles is 1. The van der Waals surface area contributed by atoms with Gasteiger partial charge >= 0.3 is 0 Å². The molecule has 1 aliphatic rings. The summed E-state index contributed by atoms with van der Waals surface area (Å²) in [6, 6.07) is 33.8. The summed E-state index contributed by atoms with van der Waals surface area (Å²) in [4.78, 5) is 15.5. The lowest BCUT2D eigenvalue weighted by Gasteiger charge is -2.31. The highest BCUT2D eigenvalue weighted by Gasteiger charge is 2.58. The van der Waals surface area contributed by atoms with Gasteiger partial charge in [0.05, 0.1) is 12.5 Å². The van der Waals surface area contributed by atoms with Gasteiger partial charge in [0.2, 0.25) is 0 Å². The summed E-state index contributed by atoms with van der Waals surface area (Å²) in [7, 11) is -2.20. The zero-order valence-electron chi connectivity index (χ0n) is 16.7. The summed E-state index contributed by atoms with van der Waals surface area (Å²) in [5.41, 5.74) is -0.103. The fourth-order valence-corrected chi connectivity index (χ4v) is 9.36. The van der Waals surface area contributed by atoms with Crippen LogP contribution in [-0.2, 0) is 4.79 Å². The molecule has 1 fully saturated rings. The third kappa shape index (κ3) is 3.93. The SMILES string of the molecule is N#CCCN1CCC([P+](c2ccccc2)(c2ccccc2)c2ccccc2)C1=O.[Br-]. The average molecular weight is 479 g/mol. The zero-order valence-corrected chi connectivity index (χ0v) is 19.2. The van der Waals surface area contributed by atoms with E-state index in [1.165, 1.54) is 15.9 Å². The molecule has 1 aliphatic heterocycles. The summed E-state index contributed by atoms with van der Waals surface area (Å²) in [5.74, 6) is 0.185. The van der Waals surface area contributed by atoms with Crippen LogP contribution in [-0.4, -0.2) is 29.6 Å². The molecular formula is C25H24BrN2OP. The van der Waals surface area contributed by atoms with Crippen molar-refractivity contribution in [2.75, 3.05) is 13.1 Å². The van der Waals surface area contributed by atoms with Gasteiger partial charge in [-0.05, 0) is 36.4 Å². The van der Waals surface area contributed by atoms with E-state index in [1.54, 1.807) is 0 Å². The molecule has 1 saturated heterocycles. The number of carbonyl (C=O) groups excluding carboxylic acids is 1. The topological polar surface area (TPSA) is 44.1 Å². The molecule has 0 radical (unpaired) electrons. The molecule has 3 aromatic rings. The second-order valence-corrected chi connectivity index (χ2v) is 10.9. The van der Waals surface area contributed by atoms with Gasteiger partial charge in [-0.2, -0.15) is 5.26 Å². The monoisotopic (exact) mass is 478 g/mol. The van der Waals surface area contributed by atoms with Crippen molar-refractivity contribution in [1.82, 2.24) is 4.90 Å². The van der Waals surface area contributed by atoms with E-state index < -0.39 is 7.26 Å². The molecule has 1 unspecified atom stereocenters. The Morgan fingerprint density at radius 2 is 1.27 bits per heavy atom. The number of halogens is 1. The van der Waals surface area contributed by atoms with E-state index in [0.717, 1.165) is 13.0 Å². The van der Waals surface area contributed by atoms with E-state index in [0.29, 0.717) is 13.0 Å². The summed E-state index contributed by atoms with van der Waals surface area (Å²) < 4.78 is 0. The van der Waals surface area contributed by atoms with Crippen LogP contribution in [0.4, 0.5) is 0 Å². The van der Waals surface area contributed by atoms with Crippen LogP contribution in [0.15, 0.2) is 91.0 Å². The predicted molar refractivity (Wildman–Crippen MR) is 120 cm³/mol. The Labute approximate surface area is 189 Å². The number of likely N-dealkylation sites (tertiary alicyclic amines) is 1. The minimum atomic E-state index is -2.20. The molecular weight excluding hydrogens is 455 g/mol. The quantitative estimate of drug-likeness (QED) is 0.484. The van der Waals surface area contributed by atoms with Crippen molar-refractivity contribution in [1.29, 1.82) is 5.26 Å². The largest absolute Gasteiger partial charge is 1.00 e. The Morgan fingerprint density at radius 3 is 1.67 bits per heavy atom. The van der Waals surface area contributed by atoms with Crippen LogP contribution in [0.1, 0.15) is 12.8 Å². The smallest absolute Gasteiger partial charge is 0.264 e. The molecule has 1 amide bonds. The van der Waals surface area contributed by atoms with Gasteiger partial charge in [-0.1, -0.05) is 54.6 Å². The second kappa shape index (κ2) is 10.0. The fraction of sp³-hybridized carbons (Fsp3) is 0.200. The van der Waals surface area contributed by atoms with E-state index in [9.17, 15) is 4.79 Å². The molecule has 3 aromatic carbocycles. The van der Waals surface area contributed by atoms with Gasteiger partial charge in [-0.15, -0.1) is 0 Å². The minimum Gasteiger partial charge on any atom is -1.00 e. The molecule has 0 aliphatic carbocycles. The summed E-state index contributed by atoms with van der Waals surface area (Å²) in [6.45, 7) is 1.24. The number of rotatable bonds is 6. The maximum Gasteiger partial charge on any atom is 0.264 e. The third-order valence-corrected chi connectivity index (χ3v) is 10.5. The summed E-state index contributed by atoms with van der Waals surface area (Å²) in [5, 5.41) is 12.7. The standard InChI is InChI=1S/C25H24N2OP.BrH/c26-18-10-19-27-20-17-24(25(27)28)29(21-11-4-1-5-12-21,22-13-6-2-7-14-22)23-15-8-3-9-16-23;/h1-9,11-16,24H,10,17,19-20H2;1H/q+1;/p-1. The molecule has 5 heteroatoms. The van der Waals surface area contributed by atoms with Crippen molar-refractivity contribution >= 4 is 29.1 Å². The predicted octanol–water partition coefficient (Wildman–Crippen LogP) is 0.499. The van der Waals surface area contributed by atoms with Gasteiger partial charge in [-0.3, -0.25) is 4.79 Å². The Hall–Kier alpha value is -2.47. The van der Waals surface area contributed by atoms with Gasteiger partial charge < -0.3 is 21.9 Å². The van der Waals surface area contributed by atoms with E-state index in [2.05, 4.69) is 78.9 Å². The summed E-state index contributed by atoms with van der Waals surface area (Å²) >= 11 is 0.